The smallest absolute Gasteiger partial charge is 0.279 e. The fraction of sp³-hybridized carbons (Fsp3) is 0.143. The maximum Gasteiger partial charge on any atom is 0.279 e. The number of rotatable bonds is 3. The summed E-state index contributed by atoms with van der Waals surface area (Å²) >= 11 is 4.82. The fourth-order valence-corrected chi connectivity index (χ4v) is 4.73. The maximum absolute atomic E-state index is 12.7. The Morgan fingerprint density at radius 2 is 1.83 bits per heavy atom. The quantitative estimate of drug-likeness (QED) is 0.437. The van der Waals surface area contributed by atoms with Gasteiger partial charge in [-0.2, -0.15) is 4.99 Å². The van der Waals surface area contributed by atoms with Gasteiger partial charge in [0.25, 0.3) is 5.91 Å². The van der Waals surface area contributed by atoms with E-state index in [9.17, 15) is 14.4 Å². The molecule has 0 bridgehead atoms. The number of fused-ring (bicyclic) bond motifs is 1. The first-order chi connectivity index (χ1) is 14.0. The van der Waals surface area contributed by atoms with Crippen molar-refractivity contribution in [3.63, 3.8) is 0 Å². The minimum absolute atomic E-state index is 0.214. The summed E-state index contributed by atoms with van der Waals surface area (Å²) < 4.78 is 3.71. The van der Waals surface area contributed by atoms with Crippen LogP contribution in [0.5, 0.6) is 0 Å². The Hall–Kier alpha value is -3.02. The minimum atomic E-state index is -0.424. The van der Waals surface area contributed by atoms with Crippen molar-refractivity contribution in [3.05, 3.63) is 57.3 Å². The Balaban J connectivity index is 1.69. The zero-order chi connectivity index (χ0) is 20.5. The molecule has 1 aromatic heterocycles. The highest BCUT2D eigenvalue weighted by atomic mass is 79.9. The largest absolute Gasteiger partial charge is 0.305 e. The number of carbonyl (C=O) groups excluding carboxylic acids is 3. The van der Waals surface area contributed by atoms with Crippen LogP contribution in [-0.2, 0) is 16.1 Å². The van der Waals surface area contributed by atoms with Crippen molar-refractivity contribution in [2.45, 2.75) is 19.4 Å². The van der Waals surface area contributed by atoms with Crippen LogP contribution >= 0.6 is 27.3 Å². The van der Waals surface area contributed by atoms with Crippen molar-refractivity contribution < 1.29 is 14.4 Å². The topological polar surface area (TPSA) is 71.7 Å². The van der Waals surface area contributed by atoms with E-state index in [1.807, 2.05) is 22.8 Å². The number of carbonyl (C=O) groups is 3. The Bertz CT molecular complexity index is 1250. The van der Waals surface area contributed by atoms with Gasteiger partial charge in [-0.3, -0.25) is 19.3 Å². The summed E-state index contributed by atoms with van der Waals surface area (Å²) in [6.07, 6.45) is 5.92. The van der Waals surface area contributed by atoms with Gasteiger partial charge in [0.15, 0.2) is 4.80 Å². The molecule has 3 amide bonds. The third-order valence-corrected chi connectivity index (χ3v) is 6.05. The van der Waals surface area contributed by atoms with Gasteiger partial charge in [0, 0.05) is 22.9 Å². The van der Waals surface area contributed by atoms with Crippen LogP contribution in [0.3, 0.4) is 0 Å². The summed E-state index contributed by atoms with van der Waals surface area (Å²) in [6.45, 7) is 0.297. The third kappa shape index (κ3) is 3.67. The summed E-state index contributed by atoms with van der Waals surface area (Å²) in [5, 5.41) is 0. The number of halogens is 1. The minimum Gasteiger partial charge on any atom is -0.305 e. The van der Waals surface area contributed by atoms with Crippen molar-refractivity contribution in [3.8, 4) is 12.3 Å². The van der Waals surface area contributed by atoms with E-state index in [0.717, 1.165) is 19.6 Å². The number of imide groups is 1. The summed E-state index contributed by atoms with van der Waals surface area (Å²) in [7, 11) is 0. The first-order valence-corrected chi connectivity index (χ1v) is 10.4. The lowest BCUT2D eigenvalue weighted by Crippen LogP contribution is -2.28. The molecule has 29 heavy (non-hydrogen) atoms. The van der Waals surface area contributed by atoms with Crippen LogP contribution in [0, 0.1) is 12.3 Å². The lowest BCUT2D eigenvalue weighted by atomic mass is 10.2. The zero-order valence-corrected chi connectivity index (χ0v) is 17.5. The van der Waals surface area contributed by atoms with Gasteiger partial charge in [0.05, 0.1) is 22.4 Å². The number of thiazole rings is 1. The number of hydrogen-bond donors (Lipinski definition) is 0. The number of anilines is 1. The van der Waals surface area contributed by atoms with Crippen LogP contribution in [0.15, 0.2) is 51.9 Å². The Kier molecular flexibility index (Phi) is 5.18. The van der Waals surface area contributed by atoms with Gasteiger partial charge in [-0.15, -0.1) is 6.42 Å². The molecule has 2 heterocycles. The highest BCUT2D eigenvalue weighted by Crippen LogP contribution is 2.24. The predicted octanol–water partition coefficient (Wildman–Crippen LogP) is 3.49. The van der Waals surface area contributed by atoms with Crippen LogP contribution in [0.25, 0.3) is 10.2 Å². The molecule has 1 saturated heterocycles. The van der Waals surface area contributed by atoms with Gasteiger partial charge in [-0.05, 0) is 42.5 Å². The maximum atomic E-state index is 12.7. The molecule has 0 radical (unpaired) electrons. The first-order valence-electron chi connectivity index (χ1n) is 8.75. The molecule has 1 fully saturated rings. The first kappa shape index (κ1) is 19.3. The van der Waals surface area contributed by atoms with Crippen molar-refractivity contribution in [2.75, 3.05) is 4.90 Å². The molecule has 6 nitrogen and oxygen atoms in total. The van der Waals surface area contributed by atoms with E-state index in [4.69, 9.17) is 6.42 Å². The van der Waals surface area contributed by atoms with Crippen LogP contribution in [-0.4, -0.2) is 22.3 Å². The van der Waals surface area contributed by atoms with Crippen LogP contribution in [0.4, 0.5) is 5.69 Å². The van der Waals surface area contributed by atoms with E-state index >= 15 is 0 Å². The standard InChI is InChI=1S/C21H14BrN3O3S/c1-2-11-24-16-8-5-14(22)12-17(16)29-21(24)23-20(28)13-3-6-15(7-4-13)25-18(26)9-10-19(25)27/h1,3-8,12H,9-11H2. The van der Waals surface area contributed by atoms with Gasteiger partial charge in [-0.1, -0.05) is 33.2 Å². The number of hydrogen-bond acceptors (Lipinski definition) is 4. The number of aromatic nitrogens is 1. The Morgan fingerprint density at radius 1 is 1.14 bits per heavy atom. The van der Waals surface area contributed by atoms with Gasteiger partial charge in [0.1, 0.15) is 0 Å². The lowest BCUT2D eigenvalue weighted by molar-refractivity contribution is -0.121. The molecular formula is C21H14BrN3O3S. The van der Waals surface area contributed by atoms with E-state index in [1.54, 1.807) is 24.3 Å². The average molecular weight is 468 g/mol. The number of amides is 3. The van der Waals surface area contributed by atoms with Crippen molar-refractivity contribution in [1.82, 2.24) is 4.57 Å². The Morgan fingerprint density at radius 3 is 2.48 bits per heavy atom. The second kappa shape index (κ2) is 7.78. The second-order valence-electron chi connectivity index (χ2n) is 6.37. The molecule has 8 heteroatoms. The van der Waals surface area contributed by atoms with Crippen molar-refractivity contribution >= 4 is 60.9 Å². The van der Waals surface area contributed by atoms with E-state index in [-0.39, 0.29) is 24.7 Å². The van der Waals surface area contributed by atoms with E-state index < -0.39 is 5.91 Å². The molecule has 1 aliphatic rings. The molecule has 0 saturated carbocycles. The second-order valence-corrected chi connectivity index (χ2v) is 8.30. The molecule has 3 aromatic rings. The van der Waals surface area contributed by atoms with E-state index in [0.29, 0.717) is 22.6 Å². The van der Waals surface area contributed by atoms with Crippen molar-refractivity contribution in [1.29, 1.82) is 0 Å². The molecule has 0 atom stereocenters. The van der Waals surface area contributed by atoms with Crippen LogP contribution in [0.2, 0.25) is 0 Å². The summed E-state index contributed by atoms with van der Waals surface area (Å²) in [6, 6.07) is 12.1. The number of benzene rings is 2. The molecule has 0 aliphatic carbocycles. The van der Waals surface area contributed by atoms with Crippen molar-refractivity contribution in [2.24, 2.45) is 4.99 Å². The Labute approximate surface area is 178 Å². The van der Waals surface area contributed by atoms with Crippen LogP contribution < -0.4 is 9.70 Å². The molecule has 0 unspecified atom stereocenters. The van der Waals surface area contributed by atoms with Gasteiger partial charge < -0.3 is 4.57 Å². The van der Waals surface area contributed by atoms with Gasteiger partial charge in [0.2, 0.25) is 11.8 Å². The average Bonchev–Trinajstić information content (AvgIpc) is 3.21. The predicted molar refractivity (Wildman–Crippen MR) is 114 cm³/mol. The summed E-state index contributed by atoms with van der Waals surface area (Å²) in [5.41, 5.74) is 1.73. The SMILES string of the molecule is C#CCn1c(=NC(=O)c2ccc(N3C(=O)CCC3=O)cc2)sc2cc(Br)ccc21. The lowest BCUT2D eigenvalue weighted by Gasteiger charge is -2.13. The van der Waals surface area contributed by atoms with E-state index in [2.05, 4.69) is 26.8 Å². The van der Waals surface area contributed by atoms with Gasteiger partial charge >= 0.3 is 0 Å². The molecule has 2 aromatic carbocycles. The van der Waals surface area contributed by atoms with E-state index in [1.165, 1.54) is 11.3 Å². The van der Waals surface area contributed by atoms with Crippen LogP contribution in [0.1, 0.15) is 23.2 Å². The molecule has 144 valence electrons. The summed E-state index contributed by atoms with van der Waals surface area (Å²) in [5.74, 6) is 1.71. The number of nitrogens with zero attached hydrogens (tertiary/aromatic N) is 3. The molecule has 0 spiro atoms. The molecule has 0 N–H and O–H groups in total. The normalized spacial score (nSPS) is 14.6. The number of terminal acetylenes is 1. The third-order valence-electron chi connectivity index (χ3n) is 4.52. The highest BCUT2D eigenvalue weighted by molar-refractivity contribution is 9.10. The molecule has 1 aliphatic heterocycles. The fourth-order valence-electron chi connectivity index (χ4n) is 3.15. The zero-order valence-electron chi connectivity index (χ0n) is 15.1. The monoisotopic (exact) mass is 467 g/mol. The van der Waals surface area contributed by atoms with Gasteiger partial charge in [-0.25, -0.2) is 0 Å². The highest BCUT2D eigenvalue weighted by Gasteiger charge is 2.30. The summed E-state index contributed by atoms with van der Waals surface area (Å²) in [4.78, 5) is 42.3. The molecule has 4 rings (SSSR count). The molecular weight excluding hydrogens is 454 g/mol.